The van der Waals surface area contributed by atoms with Crippen LogP contribution in [0, 0.1) is 0 Å². The standard InChI is InChI=1S/C28H42N4O10/c1-5-13-39-23(33)17-21(25(35)41-15-7-3)31-27(37)29-19-9-11-20(12-10-19)30-28(38)32-22(26(36)42-16-8-4)18-24(34)40-14-6-2/h9-12,21-22H,5-8,13-18H2,1-4H3,(H2,29,31,37)(H2,30,32,38). The zero-order valence-corrected chi connectivity index (χ0v) is 24.6. The highest BCUT2D eigenvalue weighted by atomic mass is 16.5. The summed E-state index contributed by atoms with van der Waals surface area (Å²) in [6.07, 6.45) is 1.57. The topological polar surface area (TPSA) is 187 Å². The highest BCUT2D eigenvalue weighted by Gasteiger charge is 2.27. The quantitative estimate of drug-likeness (QED) is 0.145. The summed E-state index contributed by atoms with van der Waals surface area (Å²) in [6, 6.07) is 1.88. The summed E-state index contributed by atoms with van der Waals surface area (Å²) in [6.45, 7) is 7.92. The maximum Gasteiger partial charge on any atom is 0.329 e. The number of urea groups is 2. The Kier molecular flexibility index (Phi) is 17.4. The first-order chi connectivity index (χ1) is 20.1. The van der Waals surface area contributed by atoms with E-state index < -0.39 is 60.9 Å². The molecule has 14 nitrogen and oxygen atoms in total. The number of ether oxygens (including phenoxy) is 4. The van der Waals surface area contributed by atoms with Gasteiger partial charge in [0.2, 0.25) is 0 Å². The molecule has 0 aliphatic heterocycles. The van der Waals surface area contributed by atoms with Crippen LogP contribution >= 0.6 is 0 Å². The minimum Gasteiger partial charge on any atom is -0.466 e. The fraction of sp³-hybridized carbons (Fsp3) is 0.571. The summed E-state index contributed by atoms with van der Waals surface area (Å²) in [5.41, 5.74) is 0.625. The van der Waals surface area contributed by atoms with Crippen LogP contribution in [0.15, 0.2) is 24.3 Å². The molecule has 0 bridgehead atoms. The summed E-state index contributed by atoms with van der Waals surface area (Å²) in [5, 5.41) is 9.90. The van der Waals surface area contributed by atoms with Gasteiger partial charge >= 0.3 is 35.9 Å². The summed E-state index contributed by atoms with van der Waals surface area (Å²) >= 11 is 0. The molecule has 2 atom stereocenters. The number of nitrogens with one attached hydrogen (secondary N) is 4. The van der Waals surface area contributed by atoms with Crippen molar-refractivity contribution < 1.29 is 47.7 Å². The Hall–Kier alpha value is -4.36. The lowest BCUT2D eigenvalue weighted by Crippen LogP contribution is -2.45. The lowest BCUT2D eigenvalue weighted by atomic mass is 10.2. The summed E-state index contributed by atoms with van der Waals surface area (Å²) in [4.78, 5) is 73.8. The third kappa shape index (κ3) is 14.9. The fourth-order valence-corrected chi connectivity index (χ4v) is 3.16. The molecule has 4 amide bonds. The first-order valence-electron chi connectivity index (χ1n) is 14.0. The third-order valence-electron chi connectivity index (χ3n) is 5.15. The number of anilines is 2. The van der Waals surface area contributed by atoms with E-state index in [9.17, 15) is 28.8 Å². The molecule has 42 heavy (non-hydrogen) atoms. The van der Waals surface area contributed by atoms with E-state index >= 15 is 0 Å². The van der Waals surface area contributed by atoms with Crippen molar-refractivity contribution in [3.63, 3.8) is 0 Å². The van der Waals surface area contributed by atoms with Crippen LogP contribution in [0.5, 0.6) is 0 Å². The van der Waals surface area contributed by atoms with Crippen LogP contribution in [0.25, 0.3) is 0 Å². The second kappa shape index (κ2) is 20.5. The molecule has 1 aromatic rings. The number of hydrogen-bond donors (Lipinski definition) is 4. The Morgan fingerprint density at radius 1 is 0.548 bits per heavy atom. The van der Waals surface area contributed by atoms with Crippen LogP contribution in [0.1, 0.15) is 66.2 Å². The van der Waals surface area contributed by atoms with Crippen LogP contribution in [0.2, 0.25) is 0 Å². The van der Waals surface area contributed by atoms with Gasteiger partial charge in [0.25, 0.3) is 0 Å². The van der Waals surface area contributed by atoms with Gasteiger partial charge in [-0.2, -0.15) is 0 Å². The Morgan fingerprint density at radius 2 is 0.857 bits per heavy atom. The molecular weight excluding hydrogens is 552 g/mol. The van der Waals surface area contributed by atoms with Crippen LogP contribution in [-0.4, -0.2) is 74.5 Å². The highest BCUT2D eigenvalue weighted by Crippen LogP contribution is 2.14. The van der Waals surface area contributed by atoms with Crippen molar-refractivity contribution >= 4 is 47.3 Å². The predicted molar refractivity (Wildman–Crippen MR) is 153 cm³/mol. The number of benzene rings is 1. The molecule has 0 saturated carbocycles. The minimum absolute atomic E-state index is 0.133. The molecule has 1 aromatic carbocycles. The second-order valence-electron chi connectivity index (χ2n) is 9.06. The zero-order chi connectivity index (χ0) is 31.3. The summed E-state index contributed by atoms with van der Waals surface area (Å²) in [5.74, 6) is -2.82. The number of carbonyl (C=O) groups is 6. The number of esters is 4. The first kappa shape index (κ1) is 35.7. The highest BCUT2D eigenvalue weighted by molar-refractivity contribution is 5.96. The molecule has 234 valence electrons. The molecule has 1 rings (SSSR count). The Labute approximate surface area is 245 Å². The number of hydrogen-bond acceptors (Lipinski definition) is 10. The van der Waals surface area contributed by atoms with Gasteiger partial charge in [-0.1, -0.05) is 27.7 Å². The maximum absolute atomic E-state index is 12.5. The lowest BCUT2D eigenvalue weighted by Gasteiger charge is -2.18. The molecule has 0 aliphatic rings. The predicted octanol–water partition coefficient (Wildman–Crippen LogP) is 3.26. The Bertz CT molecular complexity index is 951. The van der Waals surface area contributed by atoms with Gasteiger partial charge in [-0.05, 0) is 49.9 Å². The van der Waals surface area contributed by atoms with Crippen LogP contribution < -0.4 is 21.3 Å². The van der Waals surface area contributed by atoms with Gasteiger partial charge in [0, 0.05) is 11.4 Å². The van der Waals surface area contributed by atoms with Crippen LogP contribution in [0.4, 0.5) is 21.0 Å². The van der Waals surface area contributed by atoms with Crippen molar-refractivity contribution in [2.45, 2.75) is 78.3 Å². The van der Waals surface area contributed by atoms with Gasteiger partial charge < -0.3 is 40.2 Å². The maximum atomic E-state index is 12.5. The molecule has 0 aromatic heterocycles. The average molecular weight is 595 g/mol. The van der Waals surface area contributed by atoms with Crippen molar-refractivity contribution in [1.29, 1.82) is 0 Å². The van der Waals surface area contributed by atoms with E-state index in [2.05, 4.69) is 21.3 Å². The lowest BCUT2D eigenvalue weighted by molar-refractivity contribution is -0.152. The van der Waals surface area contributed by atoms with E-state index in [1.807, 2.05) is 27.7 Å². The number of rotatable bonds is 18. The second-order valence-corrected chi connectivity index (χ2v) is 9.06. The van der Waals surface area contributed by atoms with Gasteiger partial charge in [0.05, 0.1) is 39.3 Å². The smallest absolute Gasteiger partial charge is 0.329 e. The van der Waals surface area contributed by atoms with Crippen LogP contribution in [-0.2, 0) is 38.1 Å². The minimum atomic E-state index is -1.25. The molecular formula is C28H42N4O10. The summed E-state index contributed by atoms with van der Waals surface area (Å²) < 4.78 is 20.2. The molecule has 4 N–H and O–H groups in total. The van der Waals surface area contributed by atoms with E-state index in [1.165, 1.54) is 24.3 Å². The molecule has 0 aliphatic carbocycles. The van der Waals surface area contributed by atoms with Gasteiger partial charge in [-0.25, -0.2) is 19.2 Å². The molecule has 0 heterocycles. The van der Waals surface area contributed by atoms with E-state index in [1.54, 1.807) is 0 Å². The first-order valence-corrected chi connectivity index (χ1v) is 14.0. The van der Waals surface area contributed by atoms with E-state index in [0.29, 0.717) is 37.1 Å². The monoisotopic (exact) mass is 594 g/mol. The van der Waals surface area contributed by atoms with Gasteiger partial charge in [-0.15, -0.1) is 0 Å². The van der Waals surface area contributed by atoms with Crippen LogP contribution in [0.3, 0.4) is 0 Å². The SMILES string of the molecule is CCCOC(=O)CC(NC(=O)Nc1ccc(NC(=O)NC(CC(=O)OCCC)C(=O)OCCC)cc1)C(=O)OCCC. The molecule has 0 spiro atoms. The molecule has 0 saturated heterocycles. The zero-order valence-electron chi connectivity index (χ0n) is 24.6. The van der Waals surface area contributed by atoms with Gasteiger partial charge in [0.1, 0.15) is 12.1 Å². The fourth-order valence-electron chi connectivity index (χ4n) is 3.16. The van der Waals surface area contributed by atoms with E-state index in [-0.39, 0.29) is 26.4 Å². The molecule has 0 fully saturated rings. The molecule has 0 radical (unpaired) electrons. The van der Waals surface area contributed by atoms with Crippen molar-refractivity contribution in [3.8, 4) is 0 Å². The normalized spacial score (nSPS) is 11.7. The van der Waals surface area contributed by atoms with Crippen molar-refractivity contribution in [2.75, 3.05) is 37.1 Å². The number of amides is 4. The Morgan fingerprint density at radius 3 is 1.17 bits per heavy atom. The summed E-state index contributed by atoms with van der Waals surface area (Å²) in [7, 11) is 0. The number of carbonyl (C=O) groups excluding carboxylic acids is 6. The molecule has 2 unspecified atom stereocenters. The van der Waals surface area contributed by atoms with E-state index in [4.69, 9.17) is 18.9 Å². The van der Waals surface area contributed by atoms with Gasteiger partial charge in [-0.3, -0.25) is 9.59 Å². The van der Waals surface area contributed by atoms with Crippen molar-refractivity contribution in [2.24, 2.45) is 0 Å². The largest absolute Gasteiger partial charge is 0.466 e. The Balaban J connectivity index is 2.77. The van der Waals surface area contributed by atoms with Gasteiger partial charge in [0.15, 0.2) is 0 Å². The van der Waals surface area contributed by atoms with Crippen molar-refractivity contribution in [3.05, 3.63) is 24.3 Å². The molecule has 14 heteroatoms. The average Bonchev–Trinajstić information content (AvgIpc) is 2.96. The third-order valence-corrected chi connectivity index (χ3v) is 5.15. The van der Waals surface area contributed by atoms with Crippen molar-refractivity contribution in [1.82, 2.24) is 10.6 Å². The van der Waals surface area contributed by atoms with E-state index in [0.717, 1.165) is 0 Å².